The maximum Gasteiger partial charge on any atom is 0.336 e. The Morgan fingerprint density at radius 2 is 2.07 bits per heavy atom. The molecule has 1 aromatic heterocycles. The molecule has 164 valence electrons. The molecule has 2 aromatic rings. The number of rotatable bonds is 9. The minimum atomic E-state index is -0.643. The van der Waals surface area contributed by atoms with Crippen LogP contribution in [0, 0.1) is 6.92 Å². The Bertz CT molecular complexity index is 918. The van der Waals surface area contributed by atoms with Crippen molar-refractivity contribution in [2.75, 3.05) is 39.4 Å². The second-order valence-corrected chi connectivity index (χ2v) is 7.76. The smallest absolute Gasteiger partial charge is 0.336 e. The lowest BCUT2D eigenvalue weighted by Crippen LogP contribution is -2.40. The standard InChI is InChI=1S/C23H32N2O5/c1-4-6-18-15-21(26)30-22-16(2)20(8-7-19(18)22)29-17(3)23(27)24-9-5-10-25-11-13-28-14-12-25/h7-8,15,17H,4-6,9-14H2,1-3H3,(H,24,27). The van der Waals surface area contributed by atoms with E-state index < -0.39 is 6.10 Å². The number of ether oxygens (including phenoxy) is 2. The summed E-state index contributed by atoms with van der Waals surface area (Å²) in [5.41, 5.74) is 1.87. The van der Waals surface area contributed by atoms with Gasteiger partial charge in [0.05, 0.1) is 13.2 Å². The molecule has 1 saturated heterocycles. The second kappa shape index (κ2) is 10.6. The molecule has 0 radical (unpaired) electrons. The van der Waals surface area contributed by atoms with Gasteiger partial charge in [-0.25, -0.2) is 4.79 Å². The van der Waals surface area contributed by atoms with Gasteiger partial charge >= 0.3 is 5.63 Å². The summed E-state index contributed by atoms with van der Waals surface area (Å²) in [7, 11) is 0. The summed E-state index contributed by atoms with van der Waals surface area (Å²) >= 11 is 0. The average Bonchev–Trinajstić information content (AvgIpc) is 2.74. The van der Waals surface area contributed by atoms with Crippen molar-refractivity contribution in [2.45, 2.75) is 46.1 Å². The maximum atomic E-state index is 12.4. The van der Waals surface area contributed by atoms with E-state index in [1.165, 1.54) is 0 Å². The van der Waals surface area contributed by atoms with Crippen LogP contribution >= 0.6 is 0 Å². The predicted molar refractivity (Wildman–Crippen MR) is 116 cm³/mol. The van der Waals surface area contributed by atoms with Crippen LogP contribution in [0.1, 0.15) is 37.8 Å². The number of aryl methyl sites for hydroxylation is 2. The topological polar surface area (TPSA) is 81.0 Å². The largest absolute Gasteiger partial charge is 0.480 e. The van der Waals surface area contributed by atoms with E-state index in [4.69, 9.17) is 13.9 Å². The van der Waals surface area contributed by atoms with Gasteiger partial charge in [0.1, 0.15) is 11.3 Å². The van der Waals surface area contributed by atoms with Gasteiger partial charge < -0.3 is 19.2 Å². The van der Waals surface area contributed by atoms with Gasteiger partial charge in [-0.3, -0.25) is 9.69 Å². The lowest BCUT2D eigenvalue weighted by molar-refractivity contribution is -0.127. The third-order valence-electron chi connectivity index (χ3n) is 5.44. The van der Waals surface area contributed by atoms with Crippen molar-refractivity contribution in [3.63, 3.8) is 0 Å². The first-order valence-corrected chi connectivity index (χ1v) is 10.8. The molecule has 1 aliphatic rings. The van der Waals surface area contributed by atoms with E-state index in [1.54, 1.807) is 13.0 Å². The lowest BCUT2D eigenvalue weighted by Gasteiger charge is -2.26. The highest BCUT2D eigenvalue weighted by molar-refractivity contribution is 5.85. The van der Waals surface area contributed by atoms with Crippen LogP contribution in [0.25, 0.3) is 11.0 Å². The molecule has 0 aliphatic carbocycles. The summed E-state index contributed by atoms with van der Waals surface area (Å²) in [6.45, 7) is 10.7. The zero-order valence-electron chi connectivity index (χ0n) is 18.2. The number of nitrogens with zero attached hydrogens (tertiary/aromatic N) is 1. The Morgan fingerprint density at radius 3 is 2.80 bits per heavy atom. The SMILES string of the molecule is CCCc1cc(=O)oc2c(C)c(OC(C)C(=O)NCCCN3CCOCC3)ccc12. The highest BCUT2D eigenvalue weighted by atomic mass is 16.5. The molecule has 1 aromatic carbocycles. The number of amides is 1. The van der Waals surface area contributed by atoms with E-state index >= 15 is 0 Å². The van der Waals surface area contributed by atoms with Crippen molar-refractivity contribution in [3.8, 4) is 5.75 Å². The number of nitrogens with one attached hydrogen (secondary N) is 1. The number of carbonyl (C=O) groups excluding carboxylic acids is 1. The molecular formula is C23H32N2O5. The fourth-order valence-corrected chi connectivity index (χ4v) is 3.74. The first-order valence-electron chi connectivity index (χ1n) is 10.8. The Morgan fingerprint density at radius 1 is 1.30 bits per heavy atom. The maximum absolute atomic E-state index is 12.4. The second-order valence-electron chi connectivity index (χ2n) is 7.76. The molecule has 3 rings (SSSR count). The highest BCUT2D eigenvalue weighted by Crippen LogP contribution is 2.29. The van der Waals surface area contributed by atoms with Crippen LogP contribution in [0.15, 0.2) is 27.4 Å². The average molecular weight is 417 g/mol. The molecule has 0 spiro atoms. The normalized spacial score (nSPS) is 15.8. The molecule has 1 unspecified atom stereocenters. The van der Waals surface area contributed by atoms with Crippen molar-refractivity contribution in [1.29, 1.82) is 0 Å². The molecule has 7 nitrogen and oxygen atoms in total. The van der Waals surface area contributed by atoms with E-state index in [9.17, 15) is 9.59 Å². The number of morpholine rings is 1. The summed E-state index contributed by atoms with van der Waals surface area (Å²) in [6.07, 6.45) is 2.00. The molecule has 30 heavy (non-hydrogen) atoms. The van der Waals surface area contributed by atoms with Crippen LogP contribution in [0.4, 0.5) is 0 Å². The Balaban J connectivity index is 1.58. The van der Waals surface area contributed by atoms with Gasteiger partial charge in [-0.2, -0.15) is 0 Å². The van der Waals surface area contributed by atoms with Crippen LogP contribution < -0.4 is 15.7 Å². The third kappa shape index (κ3) is 5.61. The molecule has 1 amide bonds. The van der Waals surface area contributed by atoms with Crippen LogP contribution in [0.5, 0.6) is 5.75 Å². The number of fused-ring (bicyclic) bond motifs is 1. The fraction of sp³-hybridized carbons (Fsp3) is 0.565. The van der Waals surface area contributed by atoms with E-state index in [-0.39, 0.29) is 11.5 Å². The molecule has 0 bridgehead atoms. The first kappa shape index (κ1) is 22.3. The van der Waals surface area contributed by atoms with Gasteiger partial charge in [-0.1, -0.05) is 13.3 Å². The third-order valence-corrected chi connectivity index (χ3v) is 5.44. The summed E-state index contributed by atoms with van der Waals surface area (Å²) in [6, 6.07) is 5.30. The van der Waals surface area contributed by atoms with Crippen molar-refractivity contribution in [2.24, 2.45) is 0 Å². The highest BCUT2D eigenvalue weighted by Gasteiger charge is 2.18. The van der Waals surface area contributed by atoms with Crippen LogP contribution in [0.3, 0.4) is 0 Å². The molecule has 1 aliphatic heterocycles. The van der Waals surface area contributed by atoms with Crippen LogP contribution in [0.2, 0.25) is 0 Å². The monoisotopic (exact) mass is 416 g/mol. The van der Waals surface area contributed by atoms with Crippen molar-refractivity contribution >= 4 is 16.9 Å². The van der Waals surface area contributed by atoms with E-state index in [0.29, 0.717) is 17.9 Å². The minimum Gasteiger partial charge on any atom is -0.480 e. The Labute approximate surface area is 177 Å². The molecule has 1 fully saturated rings. The van der Waals surface area contributed by atoms with E-state index in [1.807, 2.05) is 19.1 Å². The van der Waals surface area contributed by atoms with Crippen molar-refractivity contribution in [1.82, 2.24) is 10.2 Å². The van der Waals surface area contributed by atoms with Crippen LogP contribution in [-0.4, -0.2) is 56.3 Å². The predicted octanol–water partition coefficient (Wildman–Crippen LogP) is 2.66. The zero-order valence-corrected chi connectivity index (χ0v) is 18.2. The summed E-state index contributed by atoms with van der Waals surface area (Å²) in [5, 5.41) is 3.86. The molecule has 0 saturated carbocycles. The van der Waals surface area contributed by atoms with E-state index in [0.717, 1.165) is 68.6 Å². The van der Waals surface area contributed by atoms with Gasteiger partial charge in [0.15, 0.2) is 6.10 Å². The van der Waals surface area contributed by atoms with Gasteiger partial charge in [-0.05, 0) is 50.9 Å². The number of carbonyl (C=O) groups is 1. The van der Waals surface area contributed by atoms with Gasteiger partial charge in [0.2, 0.25) is 0 Å². The molecule has 2 heterocycles. The van der Waals surface area contributed by atoms with E-state index in [2.05, 4.69) is 17.1 Å². The van der Waals surface area contributed by atoms with Crippen molar-refractivity contribution < 1.29 is 18.7 Å². The molecular weight excluding hydrogens is 384 g/mol. The van der Waals surface area contributed by atoms with Crippen LogP contribution in [-0.2, 0) is 16.0 Å². The number of hydrogen-bond donors (Lipinski definition) is 1. The Hall–Kier alpha value is -2.38. The fourth-order valence-electron chi connectivity index (χ4n) is 3.74. The Kier molecular flexibility index (Phi) is 7.87. The number of hydrogen-bond acceptors (Lipinski definition) is 6. The number of benzene rings is 1. The first-order chi connectivity index (χ1) is 14.5. The lowest BCUT2D eigenvalue weighted by atomic mass is 10.0. The molecule has 1 atom stereocenters. The minimum absolute atomic E-state index is 0.155. The molecule has 1 N–H and O–H groups in total. The quantitative estimate of drug-likeness (QED) is 0.500. The summed E-state index contributed by atoms with van der Waals surface area (Å²) in [4.78, 5) is 26.7. The van der Waals surface area contributed by atoms with Gasteiger partial charge in [0.25, 0.3) is 5.91 Å². The van der Waals surface area contributed by atoms with Gasteiger partial charge in [0, 0.05) is 36.7 Å². The summed E-state index contributed by atoms with van der Waals surface area (Å²) < 4.78 is 16.7. The molecule has 7 heteroatoms. The summed E-state index contributed by atoms with van der Waals surface area (Å²) in [5.74, 6) is 0.396. The zero-order chi connectivity index (χ0) is 21.5. The van der Waals surface area contributed by atoms with Gasteiger partial charge in [-0.15, -0.1) is 0 Å². The van der Waals surface area contributed by atoms with Crippen molar-refractivity contribution in [3.05, 3.63) is 39.7 Å².